The fraction of sp³-hybridized carbons (Fsp3) is 0.167. The lowest BCUT2D eigenvalue weighted by Gasteiger charge is -2.11. The molecular formula is C18H18N2O. The monoisotopic (exact) mass is 278 g/mol. The van der Waals surface area contributed by atoms with Crippen molar-refractivity contribution in [3.05, 3.63) is 65.2 Å². The number of hydrogen-bond acceptors (Lipinski definition) is 3. The van der Waals surface area contributed by atoms with Crippen LogP contribution in [0.15, 0.2) is 48.5 Å². The minimum absolute atomic E-state index is 0.424. The van der Waals surface area contributed by atoms with Gasteiger partial charge in [0.1, 0.15) is 18.2 Å². The molecule has 3 nitrogen and oxygen atoms in total. The van der Waals surface area contributed by atoms with Crippen molar-refractivity contribution >= 4 is 16.7 Å². The Morgan fingerprint density at radius 1 is 1.05 bits per heavy atom. The molecule has 0 atom stereocenters. The van der Waals surface area contributed by atoms with Gasteiger partial charge < -0.3 is 10.5 Å². The molecule has 3 rings (SSSR count). The predicted octanol–water partition coefficient (Wildman–Crippen LogP) is 4.01. The number of anilines is 1. The SMILES string of the molecule is Cc1ccc(OCc2cc3ccccc3nc2N)c(C)c1. The fourth-order valence-corrected chi connectivity index (χ4v) is 2.41. The van der Waals surface area contributed by atoms with Crippen LogP contribution in [0.2, 0.25) is 0 Å². The molecule has 3 heteroatoms. The van der Waals surface area contributed by atoms with Crippen LogP contribution in [0.3, 0.4) is 0 Å². The smallest absolute Gasteiger partial charge is 0.130 e. The lowest BCUT2D eigenvalue weighted by Crippen LogP contribution is -2.03. The summed E-state index contributed by atoms with van der Waals surface area (Å²) in [5.74, 6) is 1.41. The highest BCUT2D eigenvalue weighted by molar-refractivity contribution is 5.81. The summed E-state index contributed by atoms with van der Waals surface area (Å²) >= 11 is 0. The lowest BCUT2D eigenvalue weighted by atomic mass is 10.1. The number of nitrogen functional groups attached to an aromatic ring is 1. The van der Waals surface area contributed by atoms with Crippen molar-refractivity contribution in [1.29, 1.82) is 0 Å². The average molecular weight is 278 g/mol. The van der Waals surface area contributed by atoms with E-state index in [0.717, 1.165) is 27.8 Å². The van der Waals surface area contributed by atoms with Crippen LogP contribution < -0.4 is 10.5 Å². The Morgan fingerprint density at radius 2 is 1.86 bits per heavy atom. The molecule has 0 aliphatic carbocycles. The second-order valence-electron chi connectivity index (χ2n) is 5.28. The molecule has 0 amide bonds. The number of rotatable bonds is 3. The predicted molar refractivity (Wildman–Crippen MR) is 86.4 cm³/mol. The number of pyridine rings is 1. The first-order valence-electron chi connectivity index (χ1n) is 6.97. The van der Waals surface area contributed by atoms with E-state index in [1.807, 2.05) is 49.4 Å². The molecule has 106 valence electrons. The van der Waals surface area contributed by atoms with Crippen LogP contribution in [-0.4, -0.2) is 4.98 Å². The van der Waals surface area contributed by atoms with Crippen molar-refractivity contribution in [2.45, 2.75) is 20.5 Å². The van der Waals surface area contributed by atoms with Gasteiger partial charge in [-0.15, -0.1) is 0 Å². The highest BCUT2D eigenvalue weighted by Crippen LogP contribution is 2.23. The van der Waals surface area contributed by atoms with E-state index in [4.69, 9.17) is 10.5 Å². The molecule has 1 aromatic heterocycles. The van der Waals surface area contributed by atoms with Crippen LogP contribution in [0, 0.1) is 13.8 Å². The zero-order valence-electron chi connectivity index (χ0n) is 12.3. The highest BCUT2D eigenvalue weighted by Gasteiger charge is 2.06. The Kier molecular flexibility index (Phi) is 3.48. The van der Waals surface area contributed by atoms with Crippen LogP contribution in [0.4, 0.5) is 5.82 Å². The van der Waals surface area contributed by atoms with Crippen molar-refractivity contribution in [1.82, 2.24) is 4.98 Å². The summed E-state index contributed by atoms with van der Waals surface area (Å²) in [5.41, 5.74) is 10.2. The molecule has 3 aromatic rings. The van der Waals surface area contributed by atoms with Crippen LogP contribution in [0.5, 0.6) is 5.75 Å². The van der Waals surface area contributed by atoms with E-state index in [0.29, 0.717) is 12.4 Å². The summed E-state index contributed by atoms with van der Waals surface area (Å²) in [5, 5.41) is 1.07. The summed E-state index contributed by atoms with van der Waals surface area (Å²) in [6.45, 7) is 4.54. The van der Waals surface area contributed by atoms with Gasteiger partial charge in [0.15, 0.2) is 0 Å². The number of ether oxygens (including phenoxy) is 1. The molecular weight excluding hydrogens is 260 g/mol. The van der Waals surface area contributed by atoms with Crippen molar-refractivity contribution in [2.24, 2.45) is 0 Å². The third-order valence-corrected chi connectivity index (χ3v) is 3.55. The van der Waals surface area contributed by atoms with Crippen LogP contribution in [0.25, 0.3) is 10.9 Å². The zero-order chi connectivity index (χ0) is 14.8. The zero-order valence-corrected chi connectivity index (χ0v) is 12.3. The number of aromatic nitrogens is 1. The molecule has 0 bridgehead atoms. The second kappa shape index (κ2) is 5.44. The third-order valence-electron chi connectivity index (χ3n) is 3.55. The molecule has 1 heterocycles. The molecule has 0 radical (unpaired) electrons. The number of para-hydroxylation sites is 1. The maximum atomic E-state index is 6.02. The second-order valence-corrected chi connectivity index (χ2v) is 5.28. The minimum Gasteiger partial charge on any atom is -0.488 e. The Balaban J connectivity index is 1.86. The molecule has 0 saturated heterocycles. The van der Waals surface area contributed by atoms with E-state index in [-0.39, 0.29) is 0 Å². The average Bonchev–Trinajstić information content (AvgIpc) is 2.46. The summed E-state index contributed by atoms with van der Waals surface area (Å²) in [6, 6.07) is 16.1. The van der Waals surface area contributed by atoms with Gasteiger partial charge in [0, 0.05) is 10.9 Å². The molecule has 21 heavy (non-hydrogen) atoms. The summed E-state index contributed by atoms with van der Waals surface area (Å²) in [4.78, 5) is 4.42. The summed E-state index contributed by atoms with van der Waals surface area (Å²) in [6.07, 6.45) is 0. The fourth-order valence-electron chi connectivity index (χ4n) is 2.41. The van der Waals surface area contributed by atoms with Gasteiger partial charge in [-0.2, -0.15) is 0 Å². The van der Waals surface area contributed by atoms with Crippen molar-refractivity contribution < 1.29 is 4.74 Å². The van der Waals surface area contributed by atoms with Gasteiger partial charge in [0.2, 0.25) is 0 Å². The number of benzene rings is 2. The maximum absolute atomic E-state index is 6.02. The van der Waals surface area contributed by atoms with Crippen LogP contribution >= 0.6 is 0 Å². The molecule has 0 fully saturated rings. The first kappa shape index (κ1) is 13.4. The number of fused-ring (bicyclic) bond motifs is 1. The number of nitrogens with zero attached hydrogens (tertiary/aromatic N) is 1. The van der Waals surface area contributed by atoms with E-state index >= 15 is 0 Å². The molecule has 0 spiro atoms. The van der Waals surface area contributed by atoms with Crippen LogP contribution in [-0.2, 0) is 6.61 Å². The van der Waals surface area contributed by atoms with Gasteiger partial charge in [-0.1, -0.05) is 35.9 Å². The molecule has 0 unspecified atom stereocenters. The van der Waals surface area contributed by atoms with Gasteiger partial charge in [0.25, 0.3) is 0 Å². The molecule has 2 N–H and O–H groups in total. The summed E-state index contributed by atoms with van der Waals surface area (Å²) < 4.78 is 5.89. The van der Waals surface area contributed by atoms with Gasteiger partial charge in [-0.3, -0.25) is 0 Å². The molecule has 0 aliphatic rings. The Labute approximate surface area is 124 Å². The molecule has 0 aliphatic heterocycles. The Hall–Kier alpha value is -2.55. The normalized spacial score (nSPS) is 10.8. The van der Waals surface area contributed by atoms with E-state index in [2.05, 4.69) is 18.0 Å². The quantitative estimate of drug-likeness (QED) is 0.787. The molecule has 2 aromatic carbocycles. The van der Waals surface area contributed by atoms with Crippen molar-refractivity contribution in [2.75, 3.05) is 5.73 Å². The van der Waals surface area contributed by atoms with Crippen molar-refractivity contribution in [3.8, 4) is 5.75 Å². The maximum Gasteiger partial charge on any atom is 0.130 e. The lowest BCUT2D eigenvalue weighted by molar-refractivity contribution is 0.304. The standard InChI is InChI=1S/C18H18N2O/c1-12-7-8-17(13(2)9-12)21-11-15-10-14-5-3-4-6-16(14)20-18(15)19/h3-10H,11H2,1-2H3,(H2,19,20). The number of aryl methyl sites for hydroxylation is 2. The topological polar surface area (TPSA) is 48.1 Å². The Bertz CT molecular complexity index is 796. The number of hydrogen-bond donors (Lipinski definition) is 1. The van der Waals surface area contributed by atoms with Crippen molar-refractivity contribution in [3.63, 3.8) is 0 Å². The molecule has 0 saturated carbocycles. The third kappa shape index (κ3) is 2.82. The summed E-state index contributed by atoms with van der Waals surface area (Å²) in [7, 11) is 0. The Morgan fingerprint density at radius 3 is 2.67 bits per heavy atom. The van der Waals surface area contributed by atoms with Gasteiger partial charge in [0.05, 0.1) is 5.52 Å². The first-order chi connectivity index (χ1) is 10.1. The minimum atomic E-state index is 0.424. The largest absolute Gasteiger partial charge is 0.488 e. The number of nitrogens with two attached hydrogens (primary N) is 1. The van der Waals surface area contributed by atoms with E-state index in [9.17, 15) is 0 Å². The van der Waals surface area contributed by atoms with E-state index in [1.165, 1.54) is 5.56 Å². The first-order valence-corrected chi connectivity index (χ1v) is 6.97. The van der Waals surface area contributed by atoms with Gasteiger partial charge in [-0.25, -0.2) is 4.98 Å². The van der Waals surface area contributed by atoms with Crippen LogP contribution in [0.1, 0.15) is 16.7 Å². The van der Waals surface area contributed by atoms with Gasteiger partial charge >= 0.3 is 0 Å². The van der Waals surface area contributed by atoms with E-state index < -0.39 is 0 Å². The van der Waals surface area contributed by atoms with Gasteiger partial charge in [-0.05, 0) is 37.6 Å². The van der Waals surface area contributed by atoms with E-state index in [1.54, 1.807) is 0 Å². The highest BCUT2D eigenvalue weighted by atomic mass is 16.5.